The monoisotopic (exact) mass is 661 g/mol. The van der Waals surface area contributed by atoms with Gasteiger partial charge in [-0.3, -0.25) is 9.69 Å². The highest BCUT2D eigenvalue weighted by molar-refractivity contribution is 7.51. The SMILES string of the molecule is CN1CCN(Cc2cc3c(N4CCOCC4)nc(-c4ccc(NC(=O)Nc5ccc(C(=O)N(C)C)cc5)cc4)nn3c2)CC1.O=S=O. The number of carbonyl (C=O) groups is 2. The van der Waals surface area contributed by atoms with E-state index in [2.05, 4.69) is 44.6 Å². The van der Waals surface area contributed by atoms with Crippen molar-refractivity contribution in [2.75, 3.05) is 89.2 Å². The van der Waals surface area contributed by atoms with Crippen LogP contribution in [-0.4, -0.2) is 123 Å². The molecule has 14 nitrogen and oxygen atoms in total. The van der Waals surface area contributed by atoms with Crippen molar-refractivity contribution in [3.63, 3.8) is 0 Å². The standard InChI is InChI=1S/C32H39N9O3.O2S/c1-37(2)31(42)25-6-10-27(11-7-25)34-32(43)33-26-8-4-24(5-9-26)29-35-30(40-16-18-44-19-17-40)28-20-23(22-41(28)36-29)21-39-14-12-38(3)13-15-39;1-3-2/h4-11,20,22H,12-19,21H2,1-3H3,(H2,33,34,43);. The average Bonchev–Trinajstić information content (AvgIpc) is 3.49. The van der Waals surface area contributed by atoms with Crippen LogP contribution < -0.4 is 15.5 Å². The smallest absolute Gasteiger partial charge is 0.335 e. The molecule has 2 saturated heterocycles. The second-order valence-corrected chi connectivity index (χ2v) is 11.8. The van der Waals surface area contributed by atoms with Crippen LogP contribution in [0.5, 0.6) is 0 Å². The van der Waals surface area contributed by atoms with Gasteiger partial charge in [0.2, 0.25) is 0 Å². The summed E-state index contributed by atoms with van der Waals surface area (Å²) in [5.74, 6) is 1.43. The number of nitrogens with one attached hydrogen (secondary N) is 2. The van der Waals surface area contributed by atoms with Gasteiger partial charge in [-0.05, 0) is 67.2 Å². The predicted molar refractivity (Wildman–Crippen MR) is 180 cm³/mol. The number of fused-ring (bicyclic) bond motifs is 1. The average molecular weight is 662 g/mol. The fraction of sp³-hybridized carbons (Fsp3) is 0.375. The lowest BCUT2D eigenvalue weighted by atomic mass is 10.2. The molecule has 2 aliphatic rings. The summed E-state index contributed by atoms with van der Waals surface area (Å²) in [5, 5.41) is 10.6. The fourth-order valence-corrected chi connectivity index (χ4v) is 5.47. The predicted octanol–water partition coefficient (Wildman–Crippen LogP) is 2.66. The van der Waals surface area contributed by atoms with Crippen molar-refractivity contribution in [1.29, 1.82) is 0 Å². The van der Waals surface area contributed by atoms with E-state index in [-0.39, 0.29) is 11.9 Å². The van der Waals surface area contributed by atoms with E-state index >= 15 is 0 Å². The van der Waals surface area contributed by atoms with E-state index in [9.17, 15) is 9.59 Å². The number of carbonyl (C=O) groups excluding carboxylic acids is 2. The Labute approximate surface area is 276 Å². The van der Waals surface area contributed by atoms with Gasteiger partial charge in [-0.2, -0.15) is 8.42 Å². The number of likely N-dealkylation sites (N-methyl/N-ethyl adjacent to an activating group) is 1. The molecule has 0 saturated carbocycles. The Kier molecular flexibility index (Phi) is 11.3. The summed E-state index contributed by atoms with van der Waals surface area (Å²) in [5.41, 5.74) is 4.85. The molecule has 4 aromatic rings. The zero-order valence-corrected chi connectivity index (χ0v) is 27.5. The topological polar surface area (TPSA) is 145 Å². The summed E-state index contributed by atoms with van der Waals surface area (Å²) < 4.78 is 24.1. The molecule has 0 spiro atoms. The second-order valence-electron chi connectivity index (χ2n) is 11.6. The molecule has 2 aromatic heterocycles. The summed E-state index contributed by atoms with van der Waals surface area (Å²) >= 11 is -0.750. The zero-order chi connectivity index (χ0) is 33.3. The van der Waals surface area contributed by atoms with Gasteiger partial charge in [0.25, 0.3) is 5.91 Å². The second kappa shape index (κ2) is 15.7. The quantitative estimate of drug-likeness (QED) is 0.303. The number of nitrogens with zero attached hydrogens (tertiary/aromatic N) is 7. The molecule has 2 aromatic carbocycles. The molecule has 2 aliphatic heterocycles. The van der Waals surface area contributed by atoms with Gasteiger partial charge >= 0.3 is 17.6 Å². The van der Waals surface area contributed by atoms with Crippen molar-refractivity contribution in [3.05, 3.63) is 71.9 Å². The maximum atomic E-state index is 12.6. The van der Waals surface area contributed by atoms with Gasteiger partial charge in [-0.15, -0.1) is 5.10 Å². The summed E-state index contributed by atoms with van der Waals surface area (Å²) in [6.07, 6.45) is 2.12. The number of urea groups is 1. The lowest BCUT2D eigenvalue weighted by molar-refractivity contribution is 0.0827. The Bertz CT molecular complexity index is 1710. The number of ether oxygens (including phenoxy) is 1. The van der Waals surface area contributed by atoms with Gasteiger partial charge in [0.15, 0.2) is 11.6 Å². The molecule has 2 N–H and O–H groups in total. The highest BCUT2D eigenvalue weighted by Gasteiger charge is 2.21. The van der Waals surface area contributed by atoms with E-state index in [4.69, 9.17) is 23.2 Å². The number of benzene rings is 2. The van der Waals surface area contributed by atoms with Crippen molar-refractivity contribution in [3.8, 4) is 11.4 Å². The Morgan fingerprint density at radius 3 is 2.09 bits per heavy atom. The van der Waals surface area contributed by atoms with Crippen LogP contribution in [0.1, 0.15) is 15.9 Å². The summed E-state index contributed by atoms with van der Waals surface area (Å²) in [6.45, 7) is 8.04. The van der Waals surface area contributed by atoms with E-state index in [0.717, 1.165) is 62.7 Å². The normalized spacial score (nSPS) is 15.4. The van der Waals surface area contributed by atoms with Crippen LogP contribution in [0.2, 0.25) is 0 Å². The van der Waals surface area contributed by atoms with E-state index in [0.29, 0.717) is 36.0 Å². The van der Waals surface area contributed by atoms with Gasteiger partial charge < -0.3 is 30.1 Å². The van der Waals surface area contributed by atoms with E-state index in [1.165, 1.54) is 10.5 Å². The highest BCUT2D eigenvalue weighted by Crippen LogP contribution is 2.27. The van der Waals surface area contributed by atoms with Gasteiger partial charge in [0, 0.05) is 88.6 Å². The number of aromatic nitrogens is 3. The summed E-state index contributed by atoms with van der Waals surface area (Å²) in [7, 11) is 5.57. The molecule has 0 radical (unpaired) electrons. The van der Waals surface area contributed by atoms with Crippen LogP contribution in [0.4, 0.5) is 22.0 Å². The van der Waals surface area contributed by atoms with Crippen LogP contribution in [0, 0.1) is 0 Å². The van der Waals surface area contributed by atoms with Crippen molar-refractivity contribution < 1.29 is 22.7 Å². The number of amides is 3. The van der Waals surface area contributed by atoms with Crippen LogP contribution in [0.3, 0.4) is 0 Å². The lowest BCUT2D eigenvalue weighted by Crippen LogP contribution is -2.43. The van der Waals surface area contributed by atoms with Crippen molar-refractivity contribution in [2.24, 2.45) is 0 Å². The van der Waals surface area contributed by atoms with E-state index in [1.54, 1.807) is 38.4 Å². The van der Waals surface area contributed by atoms with Gasteiger partial charge in [0.1, 0.15) is 5.52 Å². The zero-order valence-electron chi connectivity index (χ0n) is 26.7. The first kappa shape index (κ1) is 33.7. The molecular weight excluding hydrogens is 622 g/mol. The van der Waals surface area contributed by atoms with Crippen LogP contribution >= 0.6 is 0 Å². The number of morpholine rings is 1. The molecule has 15 heteroatoms. The number of anilines is 3. The number of hydrogen-bond donors (Lipinski definition) is 2. The molecule has 0 unspecified atom stereocenters. The third-order valence-electron chi connectivity index (χ3n) is 8.01. The van der Waals surface area contributed by atoms with Crippen molar-refractivity contribution >= 4 is 46.2 Å². The molecule has 0 aliphatic carbocycles. The Hall–Kier alpha value is -4.70. The van der Waals surface area contributed by atoms with E-state index < -0.39 is 11.6 Å². The minimum atomic E-state index is -0.750. The first-order valence-electron chi connectivity index (χ1n) is 15.3. The highest BCUT2D eigenvalue weighted by atomic mass is 32.1. The molecule has 47 heavy (non-hydrogen) atoms. The maximum Gasteiger partial charge on any atom is 0.335 e. The molecule has 2 fully saturated rings. The van der Waals surface area contributed by atoms with Gasteiger partial charge in [0.05, 0.1) is 13.2 Å². The third-order valence-corrected chi connectivity index (χ3v) is 8.01. The Morgan fingerprint density at radius 1 is 0.894 bits per heavy atom. The van der Waals surface area contributed by atoms with Crippen molar-refractivity contribution in [1.82, 2.24) is 29.3 Å². The van der Waals surface area contributed by atoms with Crippen LogP contribution in [-0.2, 0) is 22.9 Å². The van der Waals surface area contributed by atoms with Crippen molar-refractivity contribution in [2.45, 2.75) is 6.54 Å². The minimum absolute atomic E-state index is 0.0934. The number of piperazine rings is 1. The molecule has 0 atom stereocenters. The molecular formula is C32H39N9O5S. The fourth-order valence-electron chi connectivity index (χ4n) is 5.47. The third kappa shape index (κ3) is 8.77. The number of rotatable bonds is 7. The lowest BCUT2D eigenvalue weighted by Gasteiger charge is -2.32. The minimum Gasteiger partial charge on any atom is -0.378 e. The van der Waals surface area contributed by atoms with Gasteiger partial charge in [-0.25, -0.2) is 14.3 Å². The van der Waals surface area contributed by atoms with Crippen LogP contribution in [0.25, 0.3) is 16.9 Å². The molecule has 4 heterocycles. The largest absolute Gasteiger partial charge is 0.378 e. The van der Waals surface area contributed by atoms with Gasteiger partial charge in [-0.1, -0.05) is 0 Å². The number of hydrogen-bond acceptors (Lipinski definition) is 10. The summed E-state index contributed by atoms with van der Waals surface area (Å²) in [6, 6.07) is 16.1. The maximum absolute atomic E-state index is 12.6. The molecule has 6 rings (SSSR count). The Balaban J connectivity index is 0.00000139. The van der Waals surface area contributed by atoms with Crippen LogP contribution in [0.15, 0.2) is 60.8 Å². The summed E-state index contributed by atoms with van der Waals surface area (Å²) in [4.78, 5) is 38.4. The van der Waals surface area contributed by atoms with E-state index in [1.807, 2.05) is 28.8 Å². The first-order valence-corrected chi connectivity index (χ1v) is 16.0. The first-order chi connectivity index (χ1) is 22.7. The molecule has 248 valence electrons. The molecule has 3 amide bonds. The molecule has 0 bridgehead atoms. The Morgan fingerprint density at radius 2 is 1.49 bits per heavy atom.